The van der Waals surface area contributed by atoms with E-state index in [0.29, 0.717) is 4.88 Å². The molecule has 1 amide bonds. The van der Waals surface area contributed by atoms with Gasteiger partial charge in [-0.05, 0) is 29.8 Å². The van der Waals surface area contributed by atoms with Crippen molar-refractivity contribution >= 4 is 28.9 Å². The van der Waals surface area contributed by atoms with Gasteiger partial charge in [-0.15, -0.1) is 11.3 Å². The molecule has 3 aromatic rings. The van der Waals surface area contributed by atoms with E-state index in [4.69, 9.17) is 10.00 Å². The molecule has 0 radical (unpaired) electrons. The molecule has 0 fully saturated rings. The van der Waals surface area contributed by atoms with E-state index in [1.165, 1.54) is 29.5 Å². The fourth-order valence-electron chi connectivity index (χ4n) is 2.69. The molecule has 0 aliphatic rings. The van der Waals surface area contributed by atoms with Crippen LogP contribution in [0, 0.1) is 17.1 Å². The van der Waals surface area contributed by atoms with Gasteiger partial charge in [0.1, 0.15) is 10.7 Å². The summed E-state index contributed by atoms with van der Waals surface area (Å²) in [4.78, 5) is 27.3. The Balaban J connectivity index is 1.67. The van der Waals surface area contributed by atoms with E-state index in [9.17, 15) is 14.0 Å². The lowest BCUT2D eigenvalue weighted by Gasteiger charge is -2.22. The number of hydrogen-bond donors (Lipinski definition) is 0. The van der Waals surface area contributed by atoms with E-state index >= 15 is 0 Å². The van der Waals surface area contributed by atoms with Crippen LogP contribution >= 0.6 is 11.3 Å². The van der Waals surface area contributed by atoms with Crippen molar-refractivity contribution in [1.82, 2.24) is 0 Å². The number of thiophene rings is 1. The van der Waals surface area contributed by atoms with Crippen molar-refractivity contribution < 1.29 is 18.7 Å². The number of carbonyl (C=O) groups is 2. The van der Waals surface area contributed by atoms with Crippen molar-refractivity contribution in [3.05, 3.63) is 77.4 Å². The third-order valence-corrected chi connectivity index (χ3v) is 5.20. The molecule has 7 heteroatoms. The summed E-state index contributed by atoms with van der Waals surface area (Å²) in [6.45, 7) is -0.540. The van der Waals surface area contributed by atoms with Crippen LogP contribution in [0.4, 0.5) is 10.1 Å². The molecule has 0 saturated carbocycles. The van der Waals surface area contributed by atoms with E-state index in [1.54, 1.807) is 12.1 Å². The van der Waals surface area contributed by atoms with Gasteiger partial charge in [0, 0.05) is 11.4 Å². The Morgan fingerprint density at radius 2 is 1.76 bits per heavy atom. The number of anilines is 1. The molecule has 1 aromatic heterocycles. The molecule has 0 saturated heterocycles. The molecule has 5 nitrogen and oxygen atoms in total. The largest absolute Gasteiger partial charge is 0.451 e. The summed E-state index contributed by atoms with van der Waals surface area (Å²) in [5.74, 6) is -1.81. The molecule has 0 N–H and O–H groups in total. The fraction of sp³-hybridized carbons (Fsp3) is 0.136. The number of amides is 1. The van der Waals surface area contributed by atoms with E-state index in [-0.39, 0.29) is 18.7 Å². The highest BCUT2D eigenvalue weighted by Gasteiger charge is 2.21. The number of nitrogens with zero attached hydrogens (tertiary/aromatic N) is 2. The molecular weight excluding hydrogens is 391 g/mol. The van der Waals surface area contributed by atoms with E-state index in [2.05, 4.69) is 0 Å². The normalized spacial score (nSPS) is 10.2. The predicted molar refractivity (Wildman–Crippen MR) is 109 cm³/mol. The standard InChI is InChI=1S/C22H17FN2O3S/c23-17-9-4-5-10-18(17)25(14-6-13-24)21(26)15-28-22(27)20-12-11-19(29-20)16-7-2-1-3-8-16/h1-5,7-12H,6,14-15H2. The zero-order valence-corrected chi connectivity index (χ0v) is 16.2. The van der Waals surface area contributed by atoms with Crippen LogP contribution in [0.3, 0.4) is 0 Å². The summed E-state index contributed by atoms with van der Waals surface area (Å²) in [5.41, 5.74) is 1.03. The first-order valence-electron chi connectivity index (χ1n) is 8.84. The number of para-hydroxylation sites is 1. The maximum Gasteiger partial charge on any atom is 0.348 e. The zero-order chi connectivity index (χ0) is 20.6. The topological polar surface area (TPSA) is 70.4 Å². The molecule has 0 unspecified atom stereocenters. The minimum atomic E-state index is -0.626. The average molecular weight is 408 g/mol. The SMILES string of the molecule is N#CCCN(C(=O)COC(=O)c1ccc(-c2ccccc2)s1)c1ccccc1F. The van der Waals surface area contributed by atoms with Crippen LogP contribution in [0.15, 0.2) is 66.7 Å². The van der Waals surface area contributed by atoms with Gasteiger partial charge in [-0.2, -0.15) is 5.26 Å². The van der Waals surface area contributed by atoms with Crippen LogP contribution in [0.2, 0.25) is 0 Å². The van der Waals surface area contributed by atoms with Crippen LogP contribution in [0.1, 0.15) is 16.1 Å². The summed E-state index contributed by atoms with van der Waals surface area (Å²) < 4.78 is 19.2. The summed E-state index contributed by atoms with van der Waals surface area (Å²) >= 11 is 1.26. The minimum absolute atomic E-state index is 0.00493. The van der Waals surface area contributed by atoms with Gasteiger partial charge in [0.15, 0.2) is 6.61 Å². The lowest BCUT2D eigenvalue weighted by molar-refractivity contribution is -0.121. The van der Waals surface area contributed by atoms with Gasteiger partial charge in [-0.25, -0.2) is 9.18 Å². The molecule has 0 bridgehead atoms. The average Bonchev–Trinajstić information content (AvgIpc) is 3.24. The Labute approximate surface area is 171 Å². The fourth-order valence-corrected chi connectivity index (χ4v) is 3.60. The molecule has 29 heavy (non-hydrogen) atoms. The van der Waals surface area contributed by atoms with Crippen LogP contribution < -0.4 is 4.90 Å². The Morgan fingerprint density at radius 3 is 2.48 bits per heavy atom. The number of rotatable bonds is 7. The van der Waals surface area contributed by atoms with Gasteiger partial charge in [0.25, 0.3) is 5.91 Å². The lowest BCUT2D eigenvalue weighted by Crippen LogP contribution is -2.36. The molecule has 146 valence electrons. The van der Waals surface area contributed by atoms with Crippen molar-refractivity contribution in [2.45, 2.75) is 6.42 Å². The van der Waals surface area contributed by atoms with Gasteiger partial charge in [-0.1, -0.05) is 42.5 Å². The van der Waals surface area contributed by atoms with E-state index in [0.717, 1.165) is 15.3 Å². The Kier molecular flexibility index (Phi) is 6.72. The second kappa shape index (κ2) is 9.62. The van der Waals surface area contributed by atoms with Crippen molar-refractivity contribution in [2.75, 3.05) is 18.1 Å². The van der Waals surface area contributed by atoms with Crippen LogP contribution in [-0.4, -0.2) is 25.0 Å². The first-order chi connectivity index (χ1) is 14.1. The van der Waals surface area contributed by atoms with Crippen LogP contribution in [-0.2, 0) is 9.53 Å². The van der Waals surface area contributed by atoms with Gasteiger partial charge >= 0.3 is 5.97 Å². The monoisotopic (exact) mass is 408 g/mol. The summed E-state index contributed by atoms with van der Waals surface area (Å²) in [7, 11) is 0. The molecule has 0 aliphatic carbocycles. The zero-order valence-electron chi connectivity index (χ0n) is 15.4. The Bertz CT molecular complexity index is 1040. The van der Waals surface area contributed by atoms with Crippen molar-refractivity contribution in [3.8, 4) is 16.5 Å². The third-order valence-electron chi connectivity index (χ3n) is 4.08. The summed E-state index contributed by atoms with van der Waals surface area (Å²) in [6.07, 6.45) is 0.0272. The molecule has 0 atom stereocenters. The highest BCUT2D eigenvalue weighted by Crippen LogP contribution is 2.28. The maximum atomic E-state index is 14.1. The number of halogens is 1. The molecule has 3 rings (SSSR count). The van der Waals surface area contributed by atoms with Gasteiger partial charge in [0.05, 0.1) is 18.2 Å². The first-order valence-corrected chi connectivity index (χ1v) is 9.66. The van der Waals surface area contributed by atoms with Crippen molar-refractivity contribution in [1.29, 1.82) is 5.26 Å². The highest BCUT2D eigenvalue weighted by atomic mass is 32.1. The highest BCUT2D eigenvalue weighted by molar-refractivity contribution is 7.17. The smallest absolute Gasteiger partial charge is 0.348 e. The molecule has 0 spiro atoms. The second-order valence-electron chi connectivity index (χ2n) is 6.01. The van der Waals surface area contributed by atoms with Crippen molar-refractivity contribution in [3.63, 3.8) is 0 Å². The van der Waals surface area contributed by atoms with E-state index in [1.807, 2.05) is 42.5 Å². The molecule has 2 aromatic carbocycles. The lowest BCUT2D eigenvalue weighted by atomic mass is 10.2. The Hall–Kier alpha value is -3.50. The number of benzene rings is 2. The number of hydrogen-bond acceptors (Lipinski definition) is 5. The van der Waals surface area contributed by atoms with Crippen molar-refractivity contribution in [2.24, 2.45) is 0 Å². The molecule has 0 aliphatic heterocycles. The molecular formula is C22H17FN2O3S. The number of esters is 1. The first kappa shape index (κ1) is 20.2. The Morgan fingerprint density at radius 1 is 1.03 bits per heavy atom. The summed E-state index contributed by atoms with van der Waals surface area (Å²) in [6, 6.07) is 20.8. The maximum absolute atomic E-state index is 14.1. The van der Waals surface area contributed by atoms with Gasteiger partial charge < -0.3 is 9.64 Å². The van der Waals surface area contributed by atoms with Gasteiger partial charge in [-0.3, -0.25) is 4.79 Å². The number of carbonyl (C=O) groups excluding carboxylic acids is 2. The molecule has 1 heterocycles. The third kappa shape index (κ3) is 5.06. The minimum Gasteiger partial charge on any atom is -0.451 e. The van der Waals surface area contributed by atoms with Crippen LogP contribution in [0.25, 0.3) is 10.4 Å². The van der Waals surface area contributed by atoms with E-state index < -0.39 is 24.3 Å². The number of nitriles is 1. The second-order valence-corrected chi connectivity index (χ2v) is 7.09. The van der Waals surface area contributed by atoms with Crippen LogP contribution in [0.5, 0.6) is 0 Å². The predicted octanol–water partition coefficient (Wildman–Crippen LogP) is 4.66. The number of ether oxygens (including phenoxy) is 1. The summed E-state index contributed by atoms with van der Waals surface area (Å²) in [5, 5.41) is 8.81. The quantitative estimate of drug-likeness (QED) is 0.533. The van der Waals surface area contributed by atoms with Gasteiger partial charge in [0.2, 0.25) is 0 Å².